The topological polar surface area (TPSA) is 46.2 Å². The third kappa shape index (κ3) is 5.66. The molecule has 0 aliphatic rings. The predicted molar refractivity (Wildman–Crippen MR) is 83.0 cm³/mol. The Balaban J connectivity index is 0.00000289. The molecule has 0 fully saturated rings. The molecule has 18 heavy (non-hydrogen) atoms. The number of phenolic OH excluding ortho intramolecular Hbond substituents is 1. The summed E-state index contributed by atoms with van der Waals surface area (Å²) in [6, 6.07) is 2.54. The van der Waals surface area contributed by atoms with Crippen LogP contribution in [0.5, 0.6) is 5.75 Å². The van der Waals surface area contributed by atoms with Gasteiger partial charge in [0, 0.05) is 21.6 Å². The largest absolute Gasteiger partial charge is 0.506 e. The molecule has 0 saturated heterocycles. The summed E-state index contributed by atoms with van der Waals surface area (Å²) < 4.78 is 37.6. The van der Waals surface area contributed by atoms with Crippen molar-refractivity contribution in [3.05, 3.63) is 24.8 Å². The van der Waals surface area contributed by atoms with Crippen LogP contribution in [-0.4, -0.2) is 11.3 Å². The average Bonchev–Trinajstić information content (AvgIpc) is 2.19. The van der Waals surface area contributed by atoms with E-state index in [0.29, 0.717) is 9.13 Å². The van der Waals surface area contributed by atoms with Crippen LogP contribution in [0.1, 0.15) is 24.4 Å². The van der Waals surface area contributed by atoms with E-state index in [1.54, 1.807) is 12.1 Å². The highest BCUT2D eigenvalue weighted by Gasteiger charge is 2.28. The minimum absolute atomic E-state index is 0. The highest BCUT2D eigenvalue weighted by molar-refractivity contribution is 14.1. The number of rotatable bonds is 3. The summed E-state index contributed by atoms with van der Waals surface area (Å²) >= 11 is 3.95. The van der Waals surface area contributed by atoms with Gasteiger partial charge in [-0.2, -0.15) is 13.2 Å². The minimum Gasteiger partial charge on any atom is -0.506 e. The normalized spacial score (nSPS) is 13.0. The summed E-state index contributed by atoms with van der Waals surface area (Å²) in [5.41, 5.74) is 6.04. The molecule has 2 nitrogen and oxygen atoms in total. The Morgan fingerprint density at radius 3 is 2.33 bits per heavy atom. The second-order valence-electron chi connectivity index (χ2n) is 3.59. The number of hydrogen-bond donors (Lipinski definition) is 2. The van der Waals surface area contributed by atoms with Crippen LogP contribution in [0.25, 0.3) is 0 Å². The van der Waals surface area contributed by atoms with Crippen molar-refractivity contribution in [1.29, 1.82) is 0 Å². The Bertz CT molecular complexity index is 415. The number of hydrogen-bond acceptors (Lipinski definition) is 2. The third-order valence-corrected chi connectivity index (χ3v) is 3.64. The van der Waals surface area contributed by atoms with E-state index in [1.165, 1.54) is 0 Å². The lowest BCUT2D eigenvalue weighted by Crippen LogP contribution is -2.16. The van der Waals surface area contributed by atoms with Crippen molar-refractivity contribution in [3.63, 3.8) is 0 Å². The maximum absolute atomic E-state index is 12.1. The zero-order valence-corrected chi connectivity index (χ0v) is 14.1. The molecule has 1 aromatic rings. The molecule has 0 bridgehead atoms. The molecule has 1 atom stereocenters. The lowest BCUT2D eigenvalue weighted by molar-refractivity contribution is -0.136. The lowest BCUT2D eigenvalue weighted by atomic mass is 10.0. The quantitative estimate of drug-likeness (QED) is 0.598. The van der Waals surface area contributed by atoms with Crippen molar-refractivity contribution in [2.24, 2.45) is 5.73 Å². The number of phenols is 1. The van der Waals surface area contributed by atoms with E-state index in [2.05, 4.69) is 0 Å². The van der Waals surface area contributed by atoms with Gasteiger partial charge in [0.25, 0.3) is 0 Å². The second kappa shape index (κ2) is 7.34. The summed E-state index contributed by atoms with van der Waals surface area (Å²) in [5.74, 6) is -0.0271. The molecule has 0 spiro atoms. The fourth-order valence-corrected chi connectivity index (χ4v) is 3.23. The van der Waals surface area contributed by atoms with Crippen LogP contribution in [0.15, 0.2) is 12.1 Å². The van der Waals surface area contributed by atoms with Gasteiger partial charge in [-0.25, -0.2) is 0 Å². The van der Waals surface area contributed by atoms with Gasteiger partial charge in [0.1, 0.15) is 5.75 Å². The number of halogens is 6. The van der Waals surface area contributed by atoms with Crippen LogP contribution in [0.4, 0.5) is 13.2 Å². The van der Waals surface area contributed by atoms with E-state index in [9.17, 15) is 18.3 Å². The van der Waals surface area contributed by atoms with Gasteiger partial charge in [-0.15, -0.1) is 12.4 Å². The molecule has 8 heteroatoms. The molecule has 0 saturated carbocycles. The van der Waals surface area contributed by atoms with Gasteiger partial charge in [0.2, 0.25) is 0 Å². The predicted octanol–water partition coefficient (Wildman–Crippen LogP) is 4.37. The maximum Gasteiger partial charge on any atom is 0.389 e. The Hall–Kier alpha value is 0.520. The molecule has 0 heterocycles. The van der Waals surface area contributed by atoms with E-state index in [-0.39, 0.29) is 24.6 Å². The molecular weight excluding hydrogens is 496 g/mol. The van der Waals surface area contributed by atoms with Crippen molar-refractivity contribution < 1.29 is 18.3 Å². The van der Waals surface area contributed by atoms with Crippen molar-refractivity contribution >= 4 is 57.6 Å². The minimum atomic E-state index is -4.22. The first-order valence-electron chi connectivity index (χ1n) is 4.71. The van der Waals surface area contributed by atoms with Crippen LogP contribution >= 0.6 is 57.6 Å². The van der Waals surface area contributed by atoms with E-state index in [0.717, 1.165) is 3.57 Å². The first kappa shape index (κ1) is 18.5. The van der Waals surface area contributed by atoms with Crippen LogP contribution in [0.3, 0.4) is 0 Å². The Morgan fingerprint density at radius 1 is 1.28 bits per heavy atom. The maximum atomic E-state index is 12.1. The Morgan fingerprint density at radius 2 is 1.83 bits per heavy atom. The van der Waals surface area contributed by atoms with E-state index in [4.69, 9.17) is 5.73 Å². The molecule has 1 aromatic carbocycles. The van der Waals surface area contributed by atoms with Gasteiger partial charge in [-0.3, -0.25) is 0 Å². The molecule has 0 unspecified atom stereocenters. The van der Waals surface area contributed by atoms with Crippen molar-refractivity contribution in [2.45, 2.75) is 25.1 Å². The summed E-state index contributed by atoms with van der Waals surface area (Å²) in [6.07, 6.45) is -5.40. The fourth-order valence-electron chi connectivity index (χ4n) is 1.34. The molecule has 0 radical (unpaired) electrons. The zero-order valence-electron chi connectivity index (χ0n) is 8.97. The molecular formula is C10H11ClF3I2NO. The van der Waals surface area contributed by atoms with Gasteiger partial charge in [0.15, 0.2) is 0 Å². The highest BCUT2D eigenvalue weighted by atomic mass is 127. The molecule has 3 N–H and O–H groups in total. The monoisotopic (exact) mass is 507 g/mol. The van der Waals surface area contributed by atoms with Gasteiger partial charge >= 0.3 is 6.18 Å². The van der Waals surface area contributed by atoms with E-state index in [1.807, 2.05) is 45.2 Å². The van der Waals surface area contributed by atoms with Gasteiger partial charge in [0.05, 0.1) is 3.57 Å². The first-order valence-corrected chi connectivity index (χ1v) is 6.86. The molecule has 104 valence electrons. The zero-order chi connectivity index (χ0) is 13.2. The highest BCUT2D eigenvalue weighted by Crippen LogP contribution is 2.34. The van der Waals surface area contributed by atoms with Crippen LogP contribution < -0.4 is 5.73 Å². The lowest BCUT2D eigenvalue weighted by Gasteiger charge is -2.16. The molecule has 0 aliphatic carbocycles. The van der Waals surface area contributed by atoms with Crippen molar-refractivity contribution in [2.75, 3.05) is 0 Å². The number of nitrogens with two attached hydrogens (primary N) is 1. The summed E-state index contributed by atoms with van der Waals surface area (Å²) in [6.45, 7) is 0. The third-order valence-electron chi connectivity index (χ3n) is 2.20. The standard InChI is InChI=1S/C10H10F3I2NO.ClH/c11-10(12,13)2-1-8(16)6-3-5(14)4-7(15)9(6)17;/h3-4,8,17H,1-2,16H2;1H/t8-;/m1./s1. The SMILES string of the molecule is Cl.N[C@H](CCC(F)(F)F)c1cc(I)cc(I)c1O. The van der Waals surface area contributed by atoms with Crippen LogP contribution in [-0.2, 0) is 0 Å². The second-order valence-corrected chi connectivity index (χ2v) is 5.99. The number of benzene rings is 1. The summed E-state index contributed by atoms with van der Waals surface area (Å²) in [4.78, 5) is 0. The molecule has 1 rings (SSSR count). The van der Waals surface area contributed by atoms with Gasteiger partial charge in [-0.05, 0) is 63.7 Å². The number of aromatic hydroxyl groups is 1. The smallest absolute Gasteiger partial charge is 0.389 e. The Kier molecular flexibility index (Phi) is 7.55. The average molecular weight is 507 g/mol. The van der Waals surface area contributed by atoms with Crippen LogP contribution in [0, 0.1) is 7.14 Å². The van der Waals surface area contributed by atoms with Crippen molar-refractivity contribution in [1.82, 2.24) is 0 Å². The summed E-state index contributed by atoms with van der Waals surface area (Å²) in [5, 5.41) is 9.75. The first-order chi connectivity index (χ1) is 7.70. The van der Waals surface area contributed by atoms with E-state index >= 15 is 0 Å². The number of alkyl halides is 3. The molecule has 0 amide bonds. The van der Waals surface area contributed by atoms with Gasteiger partial charge in [-0.1, -0.05) is 0 Å². The Labute approximate surface area is 136 Å². The summed E-state index contributed by atoms with van der Waals surface area (Å²) in [7, 11) is 0. The van der Waals surface area contributed by atoms with Crippen LogP contribution in [0.2, 0.25) is 0 Å². The molecule has 0 aliphatic heterocycles. The molecule has 0 aromatic heterocycles. The van der Waals surface area contributed by atoms with Crippen molar-refractivity contribution in [3.8, 4) is 5.75 Å². The van der Waals surface area contributed by atoms with E-state index < -0.39 is 18.6 Å². The van der Waals surface area contributed by atoms with Gasteiger partial charge < -0.3 is 10.8 Å². The fraction of sp³-hybridized carbons (Fsp3) is 0.400.